The summed E-state index contributed by atoms with van der Waals surface area (Å²) in [5, 5.41) is 0.649. The normalized spacial score (nSPS) is 13.8. The molecule has 0 atom stereocenters. The summed E-state index contributed by atoms with van der Waals surface area (Å²) in [6.07, 6.45) is 3.66. The number of hydrogen-bond donors (Lipinski definition) is 1. The highest BCUT2D eigenvalue weighted by Crippen LogP contribution is 2.34. The number of aryl methyl sites for hydroxylation is 2. The number of nitrogens with two attached hydrogens (primary N) is 1. The number of aromatic nitrogens is 1. The molecule has 1 aliphatic rings. The zero-order valence-corrected chi connectivity index (χ0v) is 11.7. The van der Waals surface area contributed by atoms with Gasteiger partial charge in [0.05, 0.1) is 5.69 Å². The Bertz CT molecular complexity index is 794. The number of oxazole rings is 1. The van der Waals surface area contributed by atoms with Gasteiger partial charge in [-0.25, -0.2) is 4.98 Å². The number of fused-ring (bicyclic) bond motifs is 2. The second-order valence-electron chi connectivity index (χ2n) is 5.06. The van der Waals surface area contributed by atoms with E-state index in [1.165, 1.54) is 35.3 Å². The molecule has 1 heterocycles. The van der Waals surface area contributed by atoms with E-state index in [4.69, 9.17) is 10.2 Å². The third kappa shape index (κ3) is 1.96. The van der Waals surface area contributed by atoms with Crippen LogP contribution in [0.1, 0.15) is 17.5 Å². The van der Waals surface area contributed by atoms with E-state index < -0.39 is 0 Å². The van der Waals surface area contributed by atoms with Gasteiger partial charge in [-0.2, -0.15) is 0 Å². The number of hydrogen-bond acceptors (Lipinski definition) is 4. The van der Waals surface area contributed by atoms with Crippen LogP contribution in [-0.4, -0.2) is 4.98 Å². The lowest BCUT2D eigenvalue weighted by Crippen LogP contribution is -1.85. The fourth-order valence-electron chi connectivity index (χ4n) is 2.71. The van der Waals surface area contributed by atoms with Gasteiger partial charge < -0.3 is 10.2 Å². The monoisotopic (exact) mass is 282 g/mol. The summed E-state index contributed by atoms with van der Waals surface area (Å²) in [7, 11) is 0. The maximum atomic E-state index is 5.90. The van der Waals surface area contributed by atoms with Crippen molar-refractivity contribution in [3.05, 3.63) is 47.5 Å². The second kappa shape index (κ2) is 4.56. The molecule has 0 radical (unpaired) electrons. The second-order valence-corrected chi connectivity index (χ2v) is 6.08. The predicted molar refractivity (Wildman–Crippen MR) is 81.0 cm³/mol. The van der Waals surface area contributed by atoms with E-state index in [2.05, 4.69) is 23.2 Å². The Morgan fingerprint density at radius 3 is 2.90 bits per heavy atom. The van der Waals surface area contributed by atoms with Crippen molar-refractivity contribution in [1.82, 2.24) is 4.98 Å². The van der Waals surface area contributed by atoms with Gasteiger partial charge in [0.2, 0.25) is 0 Å². The van der Waals surface area contributed by atoms with Crippen molar-refractivity contribution >= 4 is 28.5 Å². The Morgan fingerprint density at radius 1 is 1.10 bits per heavy atom. The topological polar surface area (TPSA) is 52.0 Å². The van der Waals surface area contributed by atoms with Crippen molar-refractivity contribution in [2.24, 2.45) is 0 Å². The molecule has 20 heavy (non-hydrogen) atoms. The SMILES string of the molecule is Nc1cccc2oc(Sc3ccc4c(c3)CCC4)nc12. The van der Waals surface area contributed by atoms with Crippen LogP contribution < -0.4 is 5.73 Å². The number of anilines is 1. The number of para-hydroxylation sites is 1. The molecule has 2 aromatic carbocycles. The molecule has 4 rings (SSSR count). The molecular weight excluding hydrogens is 268 g/mol. The zero-order chi connectivity index (χ0) is 13.5. The van der Waals surface area contributed by atoms with Gasteiger partial charge in [0.25, 0.3) is 5.22 Å². The quantitative estimate of drug-likeness (QED) is 0.720. The summed E-state index contributed by atoms with van der Waals surface area (Å²) >= 11 is 1.55. The number of nitrogens with zero attached hydrogens (tertiary/aromatic N) is 1. The average Bonchev–Trinajstić information content (AvgIpc) is 3.05. The first-order valence-electron chi connectivity index (χ1n) is 6.74. The third-order valence-electron chi connectivity index (χ3n) is 3.71. The minimum atomic E-state index is 0.649. The lowest BCUT2D eigenvalue weighted by molar-refractivity contribution is 0.489. The van der Waals surface area contributed by atoms with Crippen molar-refractivity contribution in [2.45, 2.75) is 29.4 Å². The number of nitrogen functional groups attached to an aromatic ring is 1. The maximum Gasteiger partial charge on any atom is 0.261 e. The molecule has 0 unspecified atom stereocenters. The van der Waals surface area contributed by atoms with Crippen LogP contribution in [0.25, 0.3) is 11.1 Å². The molecular formula is C16H14N2OS. The molecule has 4 heteroatoms. The van der Waals surface area contributed by atoms with Gasteiger partial charge in [-0.1, -0.05) is 12.1 Å². The van der Waals surface area contributed by atoms with E-state index in [-0.39, 0.29) is 0 Å². The first kappa shape index (κ1) is 11.9. The van der Waals surface area contributed by atoms with E-state index >= 15 is 0 Å². The summed E-state index contributed by atoms with van der Waals surface area (Å²) in [5.74, 6) is 0. The summed E-state index contributed by atoms with van der Waals surface area (Å²) < 4.78 is 5.74. The van der Waals surface area contributed by atoms with Crippen molar-refractivity contribution in [2.75, 3.05) is 5.73 Å². The maximum absolute atomic E-state index is 5.90. The van der Waals surface area contributed by atoms with Crippen molar-refractivity contribution in [3.63, 3.8) is 0 Å². The largest absolute Gasteiger partial charge is 0.431 e. The van der Waals surface area contributed by atoms with Crippen LogP contribution in [0.4, 0.5) is 5.69 Å². The molecule has 0 bridgehead atoms. The average molecular weight is 282 g/mol. The van der Waals surface area contributed by atoms with Crippen LogP contribution in [0.5, 0.6) is 0 Å². The lowest BCUT2D eigenvalue weighted by Gasteiger charge is -2.01. The Kier molecular flexibility index (Phi) is 2.70. The highest BCUT2D eigenvalue weighted by atomic mass is 32.2. The molecule has 0 aliphatic heterocycles. The van der Waals surface area contributed by atoms with Gasteiger partial charge in [-0.3, -0.25) is 0 Å². The molecule has 2 N–H and O–H groups in total. The summed E-state index contributed by atoms with van der Waals surface area (Å²) in [6, 6.07) is 12.2. The minimum Gasteiger partial charge on any atom is -0.431 e. The van der Waals surface area contributed by atoms with Gasteiger partial charge in [0.15, 0.2) is 5.58 Å². The van der Waals surface area contributed by atoms with Crippen LogP contribution in [0.2, 0.25) is 0 Å². The van der Waals surface area contributed by atoms with E-state index in [1.807, 2.05) is 18.2 Å². The van der Waals surface area contributed by atoms with E-state index in [9.17, 15) is 0 Å². The van der Waals surface area contributed by atoms with E-state index in [1.54, 1.807) is 11.8 Å². The van der Waals surface area contributed by atoms with E-state index in [0.717, 1.165) is 11.1 Å². The number of rotatable bonds is 2. The molecule has 100 valence electrons. The molecule has 0 fully saturated rings. The molecule has 3 aromatic rings. The first-order chi connectivity index (χ1) is 9.79. The standard InChI is InChI=1S/C16H14N2OS/c17-13-5-2-6-14-15(13)18-16(19-14)20-12-8-7-10-3-1-4-11(10)9-12/h2,5-9H,1,3-4,17H2. The molecule has 0 saturated heterocycles. The van der Waals surface area contributed by atoms with E-state index in [0.29, 0.717) is 10.9 Å². The predicted octanol–water partition coefficient (Wildman–Crippen LogP) is 4.05. The van der Waals surface area contributed by atoms with Gasteiger partial charge in [0, 0.05) is 4.90 Å². The van der Waals surface area contributed by atoms with Crippen molar-refractivity contribution < 1.29 is 4.42 Å². The molecule has 0 amide bonds. The Morgan fingerprint density at radius 2 is 2.00 bits per heavy atom. The van der Waals surface area contributed by atoms with Crippen molar-refractivity contribution in [1.29, 1.82) is 0 Å². The molecule has 0 saturated carbocycles. The zero-order valence-electron chi connectivity index (χ0n) is 10.9. The fourth-order valence-corrected chi connectivity index (χ4v) is 3.51. The van der Waals surface area contributed by atoms with Gasteiger partial charge in [-0.05, 0) is 66.4 Å². The fraction of sp³-hybridized carbons (Fsp3) is 0.188. The van der Waals surface area contributed by atoms with Crippen LogP contribution in [-0.2, 0) is 12.8 Å². The molecule has 3 nitrogen and oxygen atoms in total. The van der Waals surface area contributed by atoms with Crippen LogP contribution in [0.15, 0.2) is 50.9 Å². The smallest absolute Gasteiger partial charge is 0.261 e. The van der Waals surface area contributed by atoms with Crippen LogP contribution in [0, 0.1) is 0 Å². The summed E-state index contributed by atoms with van der Waals surface area (Å²) in [5.41, 5.74) is 11.0. The van der Waals surface area contributed by atoms with Crippen LogP contribution in [0.3, 0.4) is 0 Å². The first-order valence-corrected chi connectivity index (χ1v) is 7.56. The van der Waals surface area contributed by atoms with Crippen molar-refractivity contribution in [3.8, 4) is 0 Å². The van der Waals surface area contributed by atoms with Gasteiger partial charge >= 0.3 is 0 Å². The Labute approximate surface area is 121 Å². The van der Waals surface area contributed by atoms with Crippen LogP contribution >= 0.6 is 11.8 Å². The molecule has 0 spiro atoms. The van der Waals surface area contributed by atoms with Gasteiger partial charge in [-0.15, -0.1) is 0 Å². The summed E-state index contributed by atoms with van der Waals surface area (Å²) in [4.78, 5) is 5.65. The number of benzene rings is 2. The molecule has 1 aromatic heterocycles. The highest BCUT2D eigenvalue weighted by molar-refractivity contribution is 7.99. The lowest BCUT2D eigenvalue weighted by atomic mass is 10.1. The minimum absolute atomic E-state index is 0.649. The third-order valence-corrected chi connectivity index (χ3v) is 4.54. The Balaban J connectivity index is 1.69. The Hall–Kier alpha value is -1.94. The highest BCUT2D eigenvalue weighted by Gasteiger charge is 2.13. The molecule has 1 aliphatic carbocycles. The van der Waals surface area contributed by atoms with Gasteiger partial charge in [0.1, 0.15) is 5.52 Å². The summed E-state index contributed by atoms with van der Waals surface area (Å²) in [6.45, 7) is 0.